The summed E-state index contributed by atoms with van der Waals surface area (Å²) in [7, 11) is 1.68. The summed E-state index contributed by atoms with van der Waals surface area (Å²) >= 11 is 1.38. The van der Waals surface area contributed by atoms with Crippen molar-refractivity contribution in [3.8, 4) is 0 Å². The molecule has 5 heteroatoms. The first-order chi connectivity index (χ1) is 10.2. The Morgan fingerprint density at radius 2 is 2.19 bits per heavy atom. The third-order valence-corrected chi connectivity index (χ3v) is 3.93. The van der Waals surface area contributed by atoms with Crippen molar-refractivity contribution in [3.05, 3.63) is 59.6 Å². The fraction of sp³-hybridized carbons (Fsp3) is 0.250. The van der Waals surface area contributed by atoms with E-state index in [1.54, 1.807) is 18.2 Å². The van der Waals surface area contributed by atoms with Gasteiger partial charge < -0.3 is 9.64 Å². The molecule has 0 radical (unpaired) electrons. The van der Waals surface area contributed by atoms with Crippen molar-refractivity contribution in [2.45, 2.75) is 19.6 Å². The molecule has 1 unspecified atom stereocenters. The predicted octanol–water partition coefficient (Wildman–Crippen LogP) is 3.57. The minimum Gasteiger partial charge on any atom is -0.377 e. The molecule has 110 valence electrons. The van der Waals surface area contributed by atoms with Gasteiger partial charge in [-0.3, -0.25) is 4.79 Å². The highest BCUT2D eigenvalue weighted by atomic mass is 32.1. The maximum atomic E-state index is 12.1. The number of rotatable bonds is 6. The van der Waals surface area contributed by atoms with E-state index in [0.717, 1.165) is 16.8 Å². The van der Waals surface area contributed by atoms with Gasteiger partial charge in [0, 0.05) is 29.9 Å². The van der Waals surface area contributed by atoms with Crippen LogP contribution in [0, 0.1) is 0 Å². The van der Waals surface area contributed by atoms with Crippen molar-refractivity contribution < 1.29 is 9.53 Å². The van der Waals surface area contributed by atoms with Crippen molar-refractivity contribution in [2.24, 2.45) is 0 Å². The van der Waals surface area contributed by atoms with Crippen LogP contribution in [0.15, 0.2) is 48.5 Å². The summed E-state index contributed by atoms with van der Waals surface area (Å²) in [6.45, 7) is 6.04. The number of hydrogen-bond acceptors (Lipinski definition) is 4. The van der Waals surface area contributed by atoms with Gasteiger partial charge in [0.05, 0.1) is 12.6 Å². The molecule has 21 heavy (non-hydrogen) atoms. The zero-order valence-electron chi connectivity index (χ0n) is 12.2. The van der Waals surface area contributed by atoms with Crippen LogP contribution in [-0.2, 0) is 16.1 Å². The largest absolute Gasteiger partial charge is 0.377 e. The molecule has 4 nitrogen and oxygen atoms in total. The van der Waals surface area contributed by atoms with E-state index in [4.69, 9.17) is 4.74 Å². The number of carbonyl (C=O) groups is 1. The summed E-state index contributed by atoms with van der Waals surface area (Å²) in [5.41, 5.74) is 2.91. The van der Waals surface area contributed by atoms with Crippen LogP contribution in [0.25, 0.3) is 0 Å². The third-order valence-electron chi connectivity index (χ3n) is 3.29. The number of amides is 1. The second-order valence-electron chi connectivity index (χ2n) is 4.63. The maximum Gasteiger partial charge on any atom is 0.250 e. The molecule has 1 aromatic carbocycles. The van der Waals surface area contributed by atoms with Gasteiger partial charge in [-0.05, 0) is 42.2 Å². The number of benzene rings is 1. The van der Waals surface area contributed by atoms with E-state index in [2.05, 4.69) is 11.0 Å². The van der Waals surface area contributed by atoms with Gasteiger partial charge in [0.1, 0.15) is 0 Å². The summed E-state index contributed by atoms with van der Waals surface area (Å²) in [5, 5.41) is 1.94. The molecule has 0 aliphatic heterocycles. The Morgan fingerprint density at radius 1 is 1.48 bits per heavy atom. The van der Waals surface area contributed by atoms with Gasteiger partial charge in [-0.1, -0.05) is 18.7 Å². The first-order valence-corrected chi connectivity index (χ1v) is 7.44. The van der Waals surface area contributed by atoms with Crippen molar-refractivity contribution in [3.63, 3.8) is 0 Å². The van der Waals surface area contributed by atoms with Gasteiger partial charge in [0.2, 0.25) is 0 Å². The number of hydrogen-bond donors (Lipinski definition) is 0. The summed E-state index contributed by atoms with van der Waals surface area (Å²) in [6, 6.07) is 7.79. The van der Waals surface area contributed by atoms with Crippen LogP contribution in [0.1, 0.15) is 24.2 Å². The van der Waals surface area contributed by atoms with Crippen molar-refractivity contribution in [2.75, 3.05) is 12.0 Å². The van der Waals surface area contributed by atoms with Crippen LogP contribution >= 0.6 is 11.5 Å². The fourth-order valence-electron chi connectivity index (χ4n) is 1.96. The smallest absolute Gasteiger partial charge is 0.250 e. The van der Waals surface area contributed by atoms with Crippen molar-refractivity contribution >= 4 is 23.1 Å². The molecule has 1 aromatic heterocycles. The lowest BCUT2D eigenvalue weighted by atomic mass is 10.1. The van der Waals surface area contributed by atoms with Gasteiger partial charge in [-0.2, -0.15) is 0 Å². The number of methoxy groups -OCH3 is 1. The zero-order valence-corrected chi connectivity index (χ0v) is 13.0. The van der Waals surface area contributed by atoms with E-state index >= 15 is 0 Å². The Balaban J connectivity index is 2.24. The number of nitrogens with zero attached hydrogens (tertiary/aromatic N) is 2. The molecule has 1 atom stereocenters. The van der Waals surface area contributed by atoms with Gasteiger partial charge in [-0.25, -0.2) is 4.37 Å². The lowest BCUT2D eigenvalue weighted by Crippen LogP contribution is -2.28. The van der Waals surface area contributed by atoms with Gasteiger partial charge >= 0.3 is 0 Å². The van der Waals surface area contributed by atoms with E-state index in [0.29, 0.717) is 6.54 Å². The second kappa shape index (κ2) is 7.15. The molecular weight excluding hydrogens is 284 g/mol. The van der Waals surface area contributed by atoms with Crippen LogP contribution in [0.5, 0.6) is 0 Å². The Labute approximate surface area is 128 Å². The summed E-state index contributed by atoms with van der Waals surface area (Å²) in [4.78, 5) is 13.8. The highest BCUT2D eigenvalue weighted by Gasteiger charge is 2.14. The minimum atomic E-state index is -0.131. The molecule has 0 bridgehead atoms. The molecule has 0 aliphatic rings. The average Bonchev–Trinajstić information content (AvgIpc) is 3.04. The molecule has 2 aromatic rings. The lowest BCUT2D eigenvalue weighted by Gasteiger charge is -2.21. The minimum absolute atomic E-state index is 0.0312. The Kier molecular flexibility index (Phi) is 5.25. The molecule has 0 saturated heterocycles. The highest BCUT2D eigenvalue weighted by molar-refractivity contribution is 7.03. The number of ether oxygens (including phenoxy) is 1. The molecular formula is C16H18N2O2S. The van der Waals surface area contributed by atoms with E-state index in [1.807, 2.05) is 36.6 Å². The molecule has 0 fully saturated rings. The van der Waals surface area contributed by atoms with Crippen LogP contribution in [0.2, 0.25) is 0 Å². The van der Waals surface area contributed by atoms with Crippen molar-refractivity contribution in [1.29, 1.82) is 0 Å². The van der Waals surface area contributed by atoms with Crippen LogP contribution in [0.3, 0.4) is 0 Å². The van der Waals surface area contributed by atoms with Crippen LogP contribution < -0.4 is 4.90 Å². The number of carbonyl (C=O) groups excluding carboxylic acids is 1. The SMILES string of the molecule is C=CC(=O)N(Cc1cnsc1)c1ccc(C(C)OC)cc1. The molecule has 2 rings (SSSR count). The third kappa shape index (κ3) is 3.77. The number of anilines is 1. The van der Waals surface area contributed by atoms with E-state index in [1.165, 1.54) is 17.6 Å². The molecule has 0 saturated carbocycles. The lowest BCUT2D eigenvalue weighted by molar-refractivity contribution is -0.114. The summed E-state index contributed by atoms with van der Waals surface area (Å²) in [5.74, 6) is -0.131. The summed E-state index contributed by atoms with van der Waals surface area (Å²) in [6.07, 6.45) is 3.13. The molecule has 0 spiro atoms. The van der Waals surface area contributed by atoms with Gasteiger partial charge in [-0.15, -0.1) is 0 Å². The van der Waals surface area contributed by atoms with E-state index in [-0.39, 0.29) is 12.0 Å². The standard InChI is InChI=1S/C16H18N2O2S/c1-4-16(19)18(10-13-9-17-21-11-13)15-7-5-14(6-8-15)12(2)20-3/h4-9,11-12H,1,10H2,2-3H3. The zero-order chi connectivity index (χ0) is 15.2. The number of aromatic nitrogens is 1. The second-order valence-corrected chi connectivity index (χ2v) is 5.29. The molecule has 1 heterocycles. The topological polar surface area (TPSA) is 42.4 Å². The Morgan fingerprint density at radius 3 is 2.71 bits per heavy atom. The fourth-order valence-corrected chi connectivity index (χ4v) is 2.48. The molecule has 0 aliphatic carbocycles. The van der Waals surface area contributed by atoms with Crippen molar-refractivity contribution in [1.82, 2.24) is 4.37 Å². The maximum absolute atomic E-state index is 12.1. The normalized spacial score (nSPS) is 11.9. The molecule has 1 amide bonds. The van der Waals surface area contributed by atoms with E-state index < -0.39 is 0 Å². The first-order valence-electron chi connectivity index (χ1n) is 6.60. The average molecular weight is 302 g/mol. The monoisotopic (exact) mass is 302 g/mol. The quantitative estimate of drug-likeness (QED) is 0.766. The summed E-state index contributed by atoms with van der Waals surface area (Å²) < 4.78 is 9.35. The van der Waals surface area contributed by atoms with Gasteiger partial charge in [0.15, 0.2) is 0 Å². The van der Waals surface area contributed by atoms with Crippen LogP contribution in [-0.4, -0.2) is 17.4 Å². The van der Waals surface area contributed by atoms with Crippen LogP contribution in [0.4, 0.5) is 5.69 Å². The highest BCUT2D eigenvalue weighted by Crippen LogP contribution is 2.23. The molecule has 0 N–H and O–H groups in total. The first kappa shape index (κ1) is 15.4. The Bertz CT molecular complexity index is 593. The van der Waals surface area contributed by atoms with Gasteiger partial charge in [0.25, 0.3) is 5.91 Å². The Hall–Kier alpha value is -1.98. The van der Waals surface area contributed by atoms with E-state index in [9.17, 15) is 4.79 Å². The predicted molar refractivity (Wildman–Crippen MR) is 85.4 cm³/mol.